The standard InChI is InChI=1S/C16H27N3O3S/c1-13-17-16(18-22-13)15-10-5-11-19(15)23(20,21)12-6-9-14-7-3-2-4-8-14/h14-15H,2-12H2,1H3. The van der Waals surface area contributed by atoms with E-state index in [0.717, 1.165) is 31.6 Å². The third-order valence-electron chi connectivity index (χ3n) is 5.14. The Bertz CT molecular complexity index is 608. The summed E-state index contributed by atoms with van der Waals surface area (Å²) in [4.78, 5) is 4.23. The van der Waals surface area contributed by atoms with Crippen LogP contribution in [0, 0.1) is 12.8 Å². The molecule has 3 rings (SSSR count). The zero-order valence-corrected chi connectivity index (χ0v) is 14.7. The van der Waals surface area contributed by atoms with Gasteiger partial charge >= 0.3 is 0 Å². The van der Waals surface area contributed by atoms with Crippen molar-refractivity contribution >= 4 is 10.0 Å². The van der Waals surface area contributed by atoms with E-state index in [0.29, 0.717) is 18.3 Å². The largest absolute Gasteiger partial charge is 0.340 e. The highest BCUT2D eigenvalue weighted by Gasteiger charge is 2.37. The van der Waals surface area contributed by atoms with Crippen LogP contribution in [0.1, 0.15) is 75.5 Å². The first-order valence-electron chi connectivity index (χ1n) is 8.86. The van der Waals surface area contributed by atoms with Crippen molar-refractivity contribution in [1.29, 1.82) is 0 Å². The van der Waals surface area contributed by atoms with Crippen LogP contribution in [0.15, 0.2) is 4.52 Å². The molecule has 2 aliphatic rings. The predicted molar refractivity (Wildman–Crippen MR) is 87.3 cm³/mol. The molecule has 1 saturated carbocycles. The normalized spacial score (nSPS) is 24.3. The van der Waals surface area contributed by atoms with E-state index < -0.39 is 10.0 Å². The molecule has 1 aliphatic heterocycles. The molecule has 6 nitrogen and oxygen atoms in total. The minimum atomic E-state index is -3.24. The second kappa shape index (κ2) is 7.30. The van der Waals surface area contributed by atoms with E-state index in [1.807, 2.05) is 0 Å². The molecule has 1 saturated heterocycles. The van der Waals surface area contributed by atoms with Crippen molar-refractivity contribution in [2.75, 3.05) is 12.3 Å². The van der Waals surface area contributed by atoms with Gasteiger partial charge in [-0.05, 0) is 31.6 Å². The van der Waals surface area contributed by atoms with Crippen molar-refractivity contribution in [2.24, 2.45) is 5.92 Å². The van der Waals surface area contributed by atoms with Crippen molar-refractivity contribution in [3.8, 4) is 0 Å². The SMILES string of the molecule is Cc1nc(C2CCCN2S(=O)(=O)CCCC2CCCCC2)no1. The van der Waals surface area contributed by atoms with E-state index >= 15 is 0 Å². The van der Waals surface area contributed by atoms with Gasteiger partial charge in [0, 0.05) is 13.5 Å². The molecular weight excluding hydrogens is 314 g/mol. The van der Waals surface area contributed by atoms with E-state index in [-0.39, 0.29) is 11.8 Å². The lowest BCUT2D eigenvalue weighted by Crippen LogP contribution is -2.33. The predicted octanol–water partition coefficient (Wildman–Crippen LogP) is 3.21. The molecule has 0 bridgehead atoms. The first kappa shape index (κ1) is 16.9. The maximum atomic E-state index is 12.7. The third kappa shape index (κ3) is 4.12. The Morgan fingerprint density at radius 2 is 1.96 bits per heavy atom. The third-order valence-corrected chi connectivity index (χ3v) is 7.10. The Morgan fingerprint density at radius 3 is 2.65 bits per heavy atom. The van der Waals surface area contributed by atoms with Gasteiger partial charge in [0.15, 0.2) is 5.82 Å². The van der Waals surface area contributed by atoms with Crippen LogP contribution >= 0.6 is 0 Å². The van der Waals surface area contributed by atoms with Crippen molar-refractivity contribution < 1.29 is 12.9 Å². The quantitative estimate of drug-likeness (QED) is 0.794. The highest BCUT2D eigenvalue weighted by atomic mass is 32.2. The van der Waals surface area contributed by atoms with E-state index in [2.05, 4.69) is 10.1 Å². The molecule has 0 spiro atoms. The highest BCUT2D eigenvalue weighted by Crippen LogP contribution is 2.33. The number of aryl methyl sites for hydroxylation is 1. The number of hydrogen-bond donors (Lipinski definition) is 0. The topological polar surface area (TPSA) is 76.3 Å². The van der Waals surface area contributed by atoms with Gasteiger partial charge in [-0.3, -0.25) is 0 Å². The Hall–Kier alpha value is -0.950. The fraction of sp³-hybridized carbons (Fsp3) is 0.875. The molecule has 0 aromatic carbocycles. The summed E-state index contributed by atoms with van der Waals surface area (Å²) in [6, 6.07) is -0.243. The summed E-state index contributed by atoms with van der Waals surface area (Å²) in [5, 5.41) is 3.92. The van der Waals surface area contributed by atoms with Crippen LogP contribution in [0.2, 0.25) is 0 Å². The smallest absolute Gasteiger partial charge is 0.223 e. The minimum Gasteiger partial charge on any atom is -0.340 e. The summed E-state index contributed by atoms with van der Waals surface area (Å²) in [6.45, 7) is 2.30. The van der Waals surface area contributed by atoms with Crippen LogP contribution in [0.4, 0.5) is 0 Å². The minimum absolute atomic E-state index is 0.243. The fourth-order valence-corrected chi connectivity index (χ4v) is 5.69. The van der Waals surface area contributed by atoms with E-state index in [9.17, 15) is 8.42 Å². The van der Waals surface area contributed by atoms with Gasteiger partial charge in [-0.15, -0.1) is 0 Å². The van der Waals surface area contributed by atoms with E-state index in [1.54, 1.807) is 11.2 Å². The molecule has 130 valence electrons. The Labute approximate surface area is 138 Å². The molecule has 2 heterocycles. The van der Waals surface area contributed by atoms with Gasteiger partial charge in [0.1, 0.15) is 0 Å². The van der Waals surface area contributed by atoms with Gasteiger partial charge in [0.05, 0.1) is 11.8 Å². The molecule has 7 heteroatoms. The average Bonchev–Trinajstić information content (AvgIpc) is 3.17. The summed E-state index contributed by atoms with van der Waals surface area (Å²) in [5.74, 6) is 1.97. The van der Waals surface area contributed by atoms with Crippen LogP contribution in [0.3, 0.4) is 0 Å². The van der Waals surface area contributed by atoms with Crippen LogP contribution in [-0.2, 0) is 10.0 Å². The van der Waals surface area contributed by atoms with E-state index in [1.165, 1.54) is 32.1 Å². The number of rotatable bonds is 6. The molecule has 2 fully saturated rings. The van der Waals surface area contributed by atoms with Crippen LogP contribution in [0.25, 0.3) is 0 Å². The maximum Gasteiger partial charge on any atom is 0.223 e. The molecule has 1 atom stereocenters. The lowest BCUT2D eigenvalue weighted by Gasteiger charge is -2.24. The summed E-state index contributed by atoms with van der Waals surface area (Å²) in [5.41, 5.74) is 0. The maximum absolute atomic E-state index is 12.7. The average molecular weight is 341 g/mol. The number of sulfonamides is 1. The van der Waals surface area contributed by atoms with Crippen molar-refractivity contribution in [3.63, 3.8) is 0 Å². The van der Waals surface area contributed by atoms with Crippen LogP contribution in [-0.4, -0.2) is 35.2 Å². The van der Waals surface area contributed by atoms with E-state index in [4.69, 9.17) is 4.52 Å². The summed E-state index contributed by atoms with van der Waals surface area (Å²) in [6.07, 6.45) is 9.95. The zero-order valence-electron chi connectivity index (χ0n) is 13.9. The van der Waals surface area contributed by atoms with Gasteiger partial charge < -0.3 is 4.52 Å². The second-order valence-electron chi connectivity index (χ2n) is 6.90. The molecule has 1 unspecified atom stereocenters. The van der Waals surface area contributed by atoms with Gasteiger partial charge in [0.25, 0.3) is 0 Å². The summed E-state index contributed by atoms with van der Waals surface area (Å²) in [7, 11) is -3.24. The van der Waals surface area contributed by atoms with Crippen molar-refractivity contribution in [1.82, 2.24) is 14.4 Å². The number of nitrogens with zero attached hydrogens (tertiary/aromatic N) is 3. The van der Waals surface area contributed by atoms with Gasteiger partial charge in [-0.1, -0.05) is 37.3 Å². The molecule has 0 N–H and O–H groups in total. The Kier molecular flexibility index (Phi) is 5.36. The van der Waals surface area contributed by atoms with Crippen molar-refractivity contribution in [3.05, 3.63) is 11.7 Å². The Morgan fingerprint density at radius 1 is 1.17 bits per heavy atom. The number of aromatic nitrogens is 2. The molecule has 1 aromatic rings. The lowest BCUT2D eigenvalue weighted by atomic mass is 9.86. The highest BCUT2D eigenvalue weighted by molar-refractivity contribution is 7.89. The molecule has 0 radical (unpaired) electrons. The molecular formula is C16H27N3O3S. The lowest BCUT2D eigenvalue weighted by molar-refractivity contribution is 0.332. The molecule has 23 heavy (non-hydrogen) atoms. The van der Waals surface area contributed by atoms with Crippen LogP contribution in [0.5, 0.6) is 0 Å². The first-order valence-corrected chi connectivity index (χ1v) is 10.5. The summed E-state index contributed by atoms with van der Waals surface area (Å²) < 4.78 is 32.0. The zero-order chi connectivity index (χ0) is 16.3. The monoisotopic (exact) mass is 341 g/mol. The fourth-order valence-electron chi connectivity index (χ4n) is 3.93. The number of hydrogen-bond acceptors (Lipinski definition) is 5. The second-order valence-corrected chi connectivity index (χ2v) is 8.94. The first-order chi connectivity index (χ1) is 11.1. The summed E-state index contributed by atoms with van der Waals surface area (Å²) >= 11 is 0. The Balaban J connectivity index is 1.57. The molecule has 0 amide bonds. The van der Waals surface area contributed by atoms with Crippen LogP contribution < -0.4 is 0 Å². The van der Waals surface area contributed by atoms with Gasteiger partial charge in [0.2, 0.25) is 15.9 Å². The van der Waals surface area contributed by atoms with Crippen molar-refractivity contribution in [2.45, 2.75) is 70.8 Å². The van der Waals surface area contributed by atoms with Gasteiger partial charge in [-0.25, -0.2) is 8.42 Å². The molecule has 1 aliphatic carbocycles. The molecule has 1 aromatic heterocycles. The van der Waals surface area contributed by atoms with Gasteiger partial charge in [-0.2, -0.15) is 9.29 Å².